The monoisotopic (exact) mass is 192 g/mol. The summed E-state index contributed by atoms with van der Waals surface area (Å²) in [6, 6.07) is 0. The molecule has 3 heteroatoms. The largest absolute Gasteiger partial charge is 0.464 e. The summed E-state index contributed by atoms with van der Waals surface area (Å²) in [4.78, 5) is 11.0. The molecule has 1 atom stereocenters. The van der Waals surface area contributed by atoms with Gasteiger partial charge in [0.1, 0.15) is 6.61 Å². The molecule has 9 heavy (non-hydrogen) atoms. The van der Waals surface area contributed by atoms with E-state index in [1.54, 1.807) is 0 Å². The normalized spacial score (nSPS) is 29.0. The Balaban J connectivity index is 2.34. The van der Waals surface area contributed by atoms with E-state index in [-0.39, 0.29) is 5.97 Å². The second-order valence-electron chi connectivity index (χ2n) is 2.17. The van der Waals surface area contributed by atoms with Gasteiger partial charge >= 0.3 is 5.97 Å². The van der Waals surface area contributed by atoms with E-state index in [9.17, 15) is 4.79 Å². The van der Waals surface area contributed by atoms with Gasteiger partial charge < -0.3 is 4.74 Å². The quantitative estimate of drug-likeness (QED) is 0.430. The van der Waals surface area contributed by atoms with Crippen molar-refractivity contribution < 1.29 is 9.53 Å². The Bertz CT molecular complexity index is 114. The minimum Gasteiger partial charge on any atom is -0.464 e. The van der Waals surface area contributed by atoms with Crippen molar-refractivity contribution in [3.63, 3.8) is 0 Å². The van der Waals surface area contributed by atoms with Crippen LogP contribution >= 0.6 is 15.9 Å². The van der Waals surface area contributed by atoms with Crippen LogP contribution in [0.25, 0.3) is 0 Å². The van der Waals surface area contributed by atoms with Crippen LogP contribution in [-0.4, -0.2) is 17.4 Å². The van der Waals surface area contributed by atoms with Crippen LogP contribution in [-0.2, 0) is 9.53 Å². The van der Waals surface area contributed by atoms with Crippen LogP contribution in [0.3, 0.4) is 0 Å². The third kappa shape index (κ3) is 2.35. The summed E-state index contributed by atoms with van der Waals surface area (Å²) in [6.07, 6.45) is 2.59. The van der Waals surface area contributed by atoms with Crippen molar-refractivity contribution >= 4 is 21.9 Å². The van der Waals surface area contributed by atoms with Crippen LogP contribution in [0.1, 0.15) is 19.3 Å². The molecule has 0 N–H and O–H groups in total. The first-order valence-corrected chi connectivity index (χ1v) is 4.00. The van der Waals surface area contributed by atoms with E-state index in [4.69, 9.17) is 4.74 Å². The lowest BCUT2D eigenvalue weighted by Gasteiger charge is -2.01. The fourth-order valence-electron chi connectivity index (χ4n) is 0.807. The average molecular weight is 193 g/mol. The summed E-state index contributed by atoms with van der Waals surface area (Å²) < 4.78 is 4.83. The zero-order valence-electron chi connectivity index (χ0n) is 5.10. The topological polar surface area (TPSA) is 26.3 Å². The number of hydrogen-bond donors (Lipinski definition) is 0. The van der Waals surface area contributed by atoms with Crippen LogP contribution in [0.15, 0.2) is 0 Å². The number of cyclic esters (lactones) is 1. The molecule has 2 nitrogen and oxygen atoms in total. The Hall–Kier alpha value is -0.0500. The predicted octanol–water partition coefficient (Wildman–Crippen LogP) is 1.48. The fraction of sp³-hybridized carbons (Fsp3) is 0.833. The maximum atomic E-state index is 10.6. The Morgan fingerprint density at radius 3 is 3.22 bits per heavy atom. The molecule has 52 valence electrons. The molecule has 1 rings (SSSR count). The number of hydrogen-bond acceptors (Lipinski definition) is 2. The molecule has 0 aromatic heterocycles. The van der Waals surface area contributed by atoms with Gasteiger partial charge in [0.05, 0.1) is 0 Å². The second kappa shape index (κ2) is 3.20. The lowest BCUT2D eigenvalue weighted by atomic mass is 10.2. The summed E-state index contributed by atoms with van der Waals surface area (Å²) in [5.41, 5.74) is 0. The number of ether oxygens (including phenoxy) is 1. The van der Waals surface area contributed by atoms with Crippen molar-refractivity contribution in [2.24, 2.45) is 0 Å². The molecule has 0 bridgehead atoms. The summed E-state index contributed by atoms with van der Waals surface area (Å²) in [7, 11) is 0. The average Bonchev–Trinajstić information content (AvgIpc) is 1.97. The van der Waals surface area contributed by atoms with E-state index in [1.807, 2.05) is 0 Å². The fourth-order valence-corrected chi connectivity index (χ4v) is 1.26. The molecule has 1 aliphatic heterocycles. The molecule has 1 unspecified atom stereocenters. The molecule has 1 heterocycles. The Morgan fingerprint density at radius 1 is 1.67 bits per heavy atom. The van der Waals surface area contributed by atoms with Gasteiger partial charge in [0, 0.05) is 11.2 Å². The number of carbonyl (C=O) groups excluding carboxylic acids is 1. The highest BCUT2D eigenvalue weighted by Gasteiger charge is 2.13. The lowest BCUT2D eigenvalue weighted by molar-refractivity contribution is -0.142. The Kier molecular flexibility index (Phi) is 2.51. The van der Waals surface area contributed by atoms with Gasteiger partial charge in [-0.25, -0.2) is 0 Å². The summed E-state index contributed by atoms with van der Waals surface area (Å²) in [6.45, 7) is 0.541. The Labute approximate surface area is 62.7 Å². The van der Waals surface area contributed by atoms with Gasteiger partial charge in [0.25, 0.3) is 0 Å². The van der Waals surface area contributed by atoms with Crippen LogP contribution in [0.5, 0.6) is 0 Å². The van der Waals surface area contributed by atoms with E-state index in [0.29, 0.717) is 17.9 Å². The molecule has 1 aliphatic rings. The first-order valence-electron chi connectivity index (χ1n) is 3.09. The van der Waals surface area contributed by atoms with E-state index in [2.05, 4.69) is 15.9 Å². The molecule has 1 saturated heterocycles. The minimum atomic E-state index is -0.0584. The molecule has 0 amide bonds. The molecular weight excluding hydrogens is 184 g/mol. The molecule has 0 radical (unpaired) electrons. The molecule has 0 aromatic carbocycles. The van der Waals surface area contributed by atoms with Gasteiger partial charge in [0.15, 0.2) is 0 Å². The van der Waals surface area contributed by atoms with Crippen molar-refractivity contribution in [3.05, 3.63) is 0 Å². The van der Waals surface area contributed by atoms with Crippen LogP contribution < -0.4 is 0 Å². The van der Waals surface area contributed by atoms with E-state index < -0.39 is 0 Å². The van der Waals surface area contributed by atoms with Gasteiger partial charge in [-0.15, -0.1) is 0 Å². The number of carbonyl (C=O) groups is 1. The van der Waals surface area contributed by atoms with Crippen LogP contribution in [0.4, 0.5) is 0 Å². The molecular formula is C6H9BrO2. The smallest absolute Gasteiger partial charge is 0.305 e. The van der Waals surface area contributed by atoms with Crippen LogP contribution in [0, 0.1) is 0 Å². The Morgan fingerprint density at radius 2 is 2.44 bits per heavy atom. The second-order valence-corrected chi connectivity index (χ2v) is 3.47. The highest BCUT2D eigenvalue weighted by Crippen LogP contribution is 2.14. The molecule has 0 aromatic rings. The minimum absolute atomic E-state index is 0.0584. The molecule has 1 fully saturated rings. The molecule has 0 saturated carbocycles. The van der Waals surface area contributed by atoms with E-state index in [1.165, 1.54) is 0 Å². The van der Waals surface area contributed by atoms with Gasteiger partial charge in [0.2, 0.25) is 0 Å². The highest BCUT2D eigenvalue weighted by molar-refractivity contribution is 9.09. The van der Waals surface area contributed by atoms with Crippen molar-refractivity contribution in [3.8, 4) is 0 Å². The maximum Gasteiger partial charge on any atom is 0.305 e. The molecule has 0 aliphatic carbocycles. The van der Waals surface area contributed by atoms with E-state index >= 15 is 0 Å². The van der Waals surface area contributed by atoms with Crippen molar-refractivity contribution in [1.29, 1.82) is 0 Å². The van der Waals surface area contributed by atoms with Gasteiger partial charge in [-0.2, -0.15) is 0 Å². The number of halogens is 1. The lowest BCUT2D eigenvalue weighted by Crippen LogP contribution is -2.07. The third-order valence-electron chi connectivity index (χ3n) is 1.32. The molecule has 0 spiro atoms. The number of alkyl halides is 1. The summed E-state index contributed by atoms with van der Waals surface area (Å²) in [5, 5.41) is 0. The number of rotatable bonds is 0. The van der Waals surface area contributed by atoms with Crippen LogP contribution in [0.2, 0.25) is 0 Å². The van der Waals surface area contributed by atoms with Gasteiger partial charge in [-0.1, -0.05) is 15.9 Å². The zero-order valence-corrected chi connectivity index (χ0v) is 6.69. The first kappa shape index (κ1) is 7.06. The highest BCUT2D eigenvalue weighted by atomic mass is 79.9. The third-order valence-corrected chi connectivity index (χ3v) is 2.05. The van der Waals surface area contributed by atoms with Crippen molar-refractivity contribution in [1.82, 2.24) is 0 Å². The summed E-state index contributed by atoms with van der Waals surface area (Å²) in [5.74, 6) is -0.0584. The van der Waals surface area contributed by atoms with Crippen molar-refractivity contribution in [2.75, 3.05) is 6.61 Å². The standard InChI is InChI=1S/C6H9BrO2/c7-5-2-1-3-6(8)9-4-5/h5H,1-4H2. The van der Waals surface area contributed by atoms with E-state index in [0.717, 1.165) is 12.8 Å². The number of esters is 1. The summed E-state index contributed by atoms with van der Waals surface area (Å²) >= 11 is 3.39. The maximum absolute atomic E-state index is 10.6. The van der Waals surface area contributed by atoms with Gasteiger partial charge in [-0.3, -0.25) is 4.79 Å². The predicted molar refractivity (Wildman–Crippen MR) is 37.5 cm³/mol. The first-order chi connectivity index (χ1) is 4.29. The SMILES string of the molecule is O=C1CCCC(Br)CO1. The van der Waals surface area contributed by atoms with Gasteiger partial charge in [-0.05, 0) is 12.8 Å². The zero-order chi connectivity index (χ0) is 6.69. The van der Waals surface area contributed by atoms with Crippen molar-refractivity contribution in [2.45, 2.75) is 24.1 Å².